The second-order valence-corrected chi connectivity index (χ2v) is 4.98. The molecule has 0 aliphatic carbocycles. The highest BCUT2D eigenvalue weighted by molar-refractivity contribution is 6.09. The average Bonchev–Trinajstić information content (AvgIpc) is 2.76. The maximum Gasteiger partial charge on any atom is 0.211 e. The third kappa shape index (κ3) is 2.09. The molecular formula is C16H15N3O. The molecule has 0 amide bonds. The smallest absolute Gasteiger partial charge is 0.211 e. The van der Waals surface area contributed by atoms with Gasteiger partial charge in [0.1, 0.15) is 5.69 Å². The van der Waals surface area contributed by atoms with Crippen LogP contribution in [-0.4, -0.2) is 20.5 Å². The first kappa shape index (κ1) is 12.5. The lowest BCUT2D eigenvalue weighted by Gasteiger charge is -2.04. The van der Waals surface area contributed by atoms with E-state index in [1.165, 1.54) is 0 Å². The number of rotatable bonds is 2. The molecular weight excluding hydrogens is 250 g/mol. The fourth-order valence-corrected chi connectivity index (χ4v) is 2.34. The molecule has 4 nitrogen and oxygen atoms in total. The maximum absolute atomic E-state index is 12.5. The van der Waals surface area contributed by atoms with Gasteiger partial charge >= 0.3 is 0 Å². The summed E-state index contributed by atoms with van der Waals surface area (Å²) in [5.74, 6) is -0.0180. The normalized spacial score (nSPS) is 10.9. The Labute approximate surface area is 117 Å². The van der Waals surface area contributed by atoms with Crippen LogP contribution in [0.25, 0.3) is 10.9 Å². The Balaban J connectivity index is 2.08. The molecule has 20 heavy (non-hydrogen) atoms. The molecule has 0 fully saturated rings. The lowest BCUT2D eigenvalue weighted by molar-refractivity contribution is 0.103. The van der Waals surface area contributed by atoms with Crippen molar-refractivity contribution in [1.82, 2.24) is 14.8 Å². The van der Waals surface area contributed by atoms with Crippen LogP contribution in [0, 0.1) is 13.8 Å². The molecule has 2 aromatic heterocycles. The summed E-state index contributed by atoms with van der Waals surface area (Å²) in [4.78, 5) is 17.0. The Morgan fingerprint density at radius 2 is 1.85 bits per heavy atom. The third-order valence-electron chi connectivity index (χ3n) is 3.33. The van der Waals surface area contributed by atoms with Crippen molar-refractivity contribution in [3.63, 3.8) is 0 Å². The van der Waals surface area contributed by atoms with E-state index in [0.29, 0.717) is 11.3 Å². The second-order valence-electron chi connectivity index (χ2n) is 4.98. The zero-order valence-corrected chi connectivity index (χ0v) is 11.7. The monoisotopic (exact) mass is 265 g/mol. The Hall–Kier alpha value is -2.49. The number of carbonyl (C=O) groups is 1. The van der Waals surface area contributed by atoms with Crippen molar-refractivity contribution < 1.29 is 4.79 Å². The van der Waals surface area contributed by atoms with E-state index >= 15 is 0 Å². The molecule has 0 N–H and O–H groups in total. The molecule has 3 rings (SSSR count). The van der Waals surface area contributed by atoms with Crippen LogP contribution in [0.4, 0.5) is 0 Å². The van der Waals surface area contributed by atoms with E-state index in [1.54, 1.807) is 17.8 Å². The van der Waals surface area contributed by atoms with E-state index in [0.717, 1.165) is 22.3 Å². The summed E-state index contributed by atoms with van der Waals surface area (Å²) in [5, 5.41) is 5.19. The van der Waals surface area contributed by atoms with E-state index in [4.69, 9.17) is 0 Å². The summed E-state index contributed by atoms with van der Waals surface area (Å²) >= 11 is 0. The summed E-state index contributed by atoms with van der Waals surface area (Å²) in [6.45, 7) is 3.83. The molecule has 0 spiro atoms. The predicted octanol–water partition coefficient (Wildman–Crippen LogP) is 2.82. The quantitative estimate of drug-likeness (QED) is 0.669. The minimum absolute atomic E-state index is 0.0180. The van der Waals surface area contributed by atoms with E-state index in [9.17, 15) is 4.79 Å². The number of aromatic nitrogens is 3. The Morgan fingerprint density at radius 1 is 1.05 bits per heavy atom. The van der Waals surface area contributed by atoms with Crippen molar-refractivity contribution >= 4 is 16.7 Å². The highest BCUT2D eigenvalue weighted by atomic mass is 16.1. The Morgan fingerprint density at radius 3 is 2.55 bits per heavy atom. The lowest BCUT2D eigenvalue weighted by Crippen LogP contribution is -2.08. The SMILES string of the molecule is Cc1ccc2cc(C(=O)c3cc(C)nn3C)ccc2n1. The summed E-state index contributed by atoms with van der Waals surface area (Å²) in [6.07, 6.45) is 0. The molecule has 0 radical (unpaired) electrons. The first-order chi connectivity index (χ1) is 9.54. The van der Waals surface area contributed by atoms with Gasteiger partial charge in [-0.25, -0.2) is 0 Å². The van der Waals surface area contributed by atoms with Gasteiger partial charge in [0.2, 0.25) is 5.78 Å². The molecule has 0 bridgehead atoms. The highest BCUT2D eigenvalue weighted by Gasteiger charge is 2.14. The fourth-order valence-electron chi connectivity index (χ4n) is 2.34. The van der Waals surface area contributed by atoms with Crippen LogP contribution in [-0.2, 0) is 7.05 Å². The van der Waals surface area contributed by atoms with Gasteiger partial charge in [0.05, 0.1) is 11.2 Å². The summed E-state index contributed by atoms with van der Waals surface area (Å²) in [5.41, 5.74) is 3.98. The van der Waals surface area contributed by atoms with Gasteiger partial charge in [-0.2, -0.15) is 5.10 Å². The molecule has 100 valence electrons. The Kier molecular flexibility index (Phi) is 2.86. The molecule has 0 saturated carbocycles. The van der Waals surface area contributed by atoms with E-state index in [2.05, 4.69) is 10.1 Å². The highest BCUT2D eigenvalue weighted by Crippen LogP contribution is 2.17. The zero-order valence-electron chi connectivity index (χ0n) is 11.7. The zero-order chi connectivity index (χ0) is 14.3. The number of pyridine rings is 1. The van der Waals surface area contributed by atoms with Gasteiger partial charge in [-0.05, 0) is 44.2 Å². The van der Waals surface area contributed by atoms with Gasteiger partial charge < -0.3 is 0 Å². The van der Waals surface area contributed by atoms with Gasteiger partial charge in [-0.15, -0.1) is 0 Å². The molecule has 0 atom stereocenters. The third-order valence-corrected chi connectivity index (χ3v) is 3.33. The van der Waals surface area contributed by atoms with Crippen LogP contribution in [0.5, 0.6) is 0 Å². The second kappa shape index (κ2) is 4.56. The number of nitrogens with zero attached hydrogens (tertiary/aromatic N) is 3. The summed E-state index contributed by atoms with van der Waals surface area (Å²) in [6, 6.07) is 11.3. The van der Waals surface area contributed by atoms with Crippen molar-refractivity contribution in [2.45, 2.75) is 13.8 Å². The van der Waals surface area contributed by atoms with Gasteiger partial charge in [0.15, 0.2) is 0 Å². The Bertz CT molecular complexity index is 818. The minimum Gasteiger partial charge on any atom is -0.287 e. The lowest BCUT2D eigenvalue weighted by atomic mass is 10.0. The van der Waals surface area contributed by atoms with Crippen molar-refractivity contribution in [1.29, 1.82) is 0 Å². The van der Waals surface area contributed by atoms with Crippen molar-refractivity contribution in [2.75, 3.05) is 0 Å². The molecule has 2 heterocycles. The number of hydrogen-bond acceptors (Lipinski definition) is 3. The van der Waals surface area contributed by atoms with Crippen LogP contribution >= 0.6 is 0 Å². The number of hydrogen-bond donors (Lipinski definition) is 0. The van der Waals surface area contributed by atoms with Gasteiger partial charge in [-0.3, -0.25) is 14.5 Å². The van der Waals surface area contributed by atoms with Crippen molar-refractivity contribution in [2.24, 2.45) is 7.05 Å². The van der Waals surface area contributed by atoms with E-state index in [-0.39, 0.29) is 5.78 Å². The van der Waals surface area contributed by atoms with E-state index < -0.39 is 0 Å². The molecule has 0 unspecified atom stereocenters. The van der Waals surface area contributed by atoms with Gasteiger partial charge in [0, 0.05) is 23.7 Å². The minimum atomic E-state index is -0.0180. The largest absolute Gasteiger partial charge is 0.287 e. The number of carbonyl (C=O) groups excluding carboxylic acids is 1. The van der Waals surface area contributed by atoms with Crippen LogP contribution in [0.3, 0.4) is 0 Å². The molecule has 0 aliphatic heterocycles. The van der Waals surface area contributed by atoms with E-state index in [1.807, 2.05) is 44.2 Å². The number of benzene rings is 1. The van der Waals surface area contributed by atoms with Gasteiger partial charge in [0.25, 0.3) is 0 Å². The molecule has 4 heteroatoms. The number of aryl methyl sites for hydroxylation is 3. The predicted molar refractivity (Wildman–Crippen MR) is 77.9 cm³/mol. The fraction of sp³-hybridized carbons (Fsp3) is 0.188. The summed E-state index contributed by atoms with van der Waals surface area (Å²) < 4.78 is 1.62. The average molecular weight is 265 g/mol. The van der Waals surface area contributed by atoms with Crippen LogP contribution in [0.1, 0.15) is 27.4 Å². The van der Waals surface area contributed by atoms with Crippen LogP contribution < -0.4 is 0 Å². The van der Waals surface area contributed by atoms with Crippen molar-refractivity contribution in [3.8, 4) is 0 Å². The number of fused-ring (bicyclic) bond motifs is 1. The molecule has 1 aromatic carbocycles. The molecule has 0 aliphatic rings. The van der Waals surface area contributed by atoms with Crippen molar-refractivity contribution in [3.05, 3.63) is 59.0 Å². The molecule has 3 aromatic rings. The number of ketones is 1. The topological polar surface area (TPSA) is 47.8 Å². The molecule has 0 saturated heterocycles. The summed E-state index contributed by atoms with van der Waals surface area (Å²) in [7, 11) is 1.78. The first-order valence-electron chi connectivity index (χ1n) is 6.47. The van der Waals surface area contributed by atoms with Gasteiger partial charge in [-0.1, -0.05) is 6.07 Å². The first-order valence-corrected chi connectivity index (χ1v) is 6.47. The van der Waals surface area contributed by atoms with Crippen LogP contribution in [0.15, 0.2) is 36.4 Å². The maximum atomic E-state index is 12.5. The van der Waals surface area contributed by atoms with Crippen LogP contribution in [0.2, 0.25) is 0 Å². The standard InChI is InChI=1S/C16H15N3O/c1-10-4-5-12-9-13(6-7-14(12)17-10)16(20)15-8-11(2)18-19(15)3/h4-9H,1-3H3.